The fraction of sp³-hybridized carbons (Fsp3) is 0.143. The van der Waals surface area contributed by atoms with Crippen molar-refractivity contribution in [3.05, 3.63) is 36.8 Å². The van der Waals surface area contributed by atoms with Crippen LogP contribution in [0, 0.1) is 0 Å². The number of methoxy groups -OCH3 is 2. The minimum atomic E-state index is -0.0639. The van der Waals surface area contributed by atoms with E-state index < -0.39 is 0 Å². The number of nitrogens with zero attached hydrogens (tertiary/aromatic N) is 3. The van der Waals surface area contributed by atoms with Gasteiger partial charge in [0.15, 0.2) is 5.82 Å². The Kier molecular flexibility index (Phi) is 2.90. The molecule has 0 radical (unpaired) electrons. The van der Waals surface area contributed by atoms with E-state index >= 15 is 0 Å². The van der Waals surface area contributed by atoms with E-state index in [0.717, 1.165) is 5.56 Å². The summed E-state index contributed by atoms with van der Waals surface area (Å²) in [5, 5.41) is 9.88. The average Bonchev–Trinajstić information content (AvgIpc) is 2.84. The summed E-state index contributed by atoms with van der Waals surface area (Å²) in [4.78, 5) is 8.16. The molecule has 0 saturated carbocycles. The van der Waals surface area contributed by atoms with E-state index in [0.29, 0.717) is 22.8 Å². The second kappa shape index (κ2) is 4.73. The number of rotatable bonds is 3. The molecule has 0 aliphatic rings. The number of aromatic nitrogens is 3. The second-order valence-corrected chi connectivity index (χ2v) is 4.16. The standard InChI is InChI=1S/C14H13N3O3/c1-19-9-3-4-10(12(7-9)20-2)13-16-14(18)11-8-15-5-6-17(11)13/h3-8,18H,1-2H3. The molecule has 3 rings (SSSR count). The molecule has 2 heterocycles. The van der Waals surface area contributed by atoms with Crippen molar-refractivity contribution in [1.82, 2.24) is 14.4 Å². The van der Waals surface area contributed by atoms with Gasteiger partial charge in [-0.1, -0.05) is 0 Å². The highest BCUT2D eigenvalue weighted by atomic mass is 16.5. The molecule has 1 aromatic carbocycles. The smallest absolute Gasteiger partial charge is 0.239 e. The number of benzene rings is 1. The van der Waals surface area contributed by atoms with Gasteiger partial charge in [0, 0.05) is 18.5 Å². The molecule has 102 valence electrons. The van der Waals surface area contributed by atoms with Crippen LogP contribution in [0.3, 0.4) is 0 Å². The third kappa shape index (κ3) is 1.82. The minimum absolute atomic E-state index is 0.0639. The molecule has 0 amide bonds. The zero-order chi connectivity index (χ0) is 14.1. The molecular formula is C14H13N3O3. The SMILES string of the molecule is COc1ccc(-c2nc(O)c3cnccn23)c(OC)c1. The Morgan fingerprint density at radius 2 is 2.05 bits per heavy atom. The summed E-state index contributed by atoms with van der Waals surface area (Å²) in [7, 11) is 3.17. The molecule has 3 aromatic rings. The number of hydrogen-bond acceptors (Lipinski definition) is 5. The molecule has 0 saturated heterocycles. The van der Waals surface area contributed by atoms with Gasteiger partial charge < -0.3 is 14.6 Å². The fourth-order valence-corrected chi connectivity index (χ4v) is 2.10. The molecule has 6 heteroatoms. The highest BCUT2D eigenvalue weighted by Gasteiger charge is 2.16. The first-order valence-corrected chi connectivity index (χ1v) is 5.98. The van der Waals surface area contributed by atoms with E-state index in [9.17, 15) is 5.11 Å². The van der Waals surface area contributed by atoms with Crippen molar-refractivity contribution in [1.29, 1.82) is 0 Å². The van der Waals surface area contributed by atoms with E-state index in [1.165, 1.54) is 0 Å². The quantitative estimate of drug-likeness (QED) is 0.790. The van der Waals surface area contributed by atoms with E-state index in [-0.39, 0.29) is 5.88 Å². The first-order valence-electron chi connectivity index (χ1n) is 5.98. The van der Waals surface area contributed by atoms with Crippen molar-refractivity contribution in [2.75, 3.05) is 14.2 Å². The molecule has 0 aliphatic carbocycles. The lowest BCUT2D eigenvalue weighted by molar-refractivity contribution is 0.395. The van der Waals surface area contributed by atoms with Crippen LogP contribution >= 0.6 is 0 Å². The molecule has 20 heavy (non-hydrogen) atoms. The zero-order valence-corrected chi connectivity index (χ0v) is 11.1. The Morgan fingerprint density at radius 1 is 1.20 bits per heavy atom. The second-order valence-electron chi connectivity index (χ2n) is 4.16. The molecule has 1 N–H and O–H groups in total. The molecule has 6 nitrogen and oxygen atoms in total. The summed E-state index contributed by atoms with van der Waals surface area (Å²) < 4.78 is 12.3. The zero-order valence-electron chi connectivity index (χ0n) is 11.1. The Balaban J connectivity index is 2.25. The Hall–Kier alpha value is -2.76. The molecule has 2 aromatic heterocycles. The number of hydrogen-bond donors (Lipinski definition) is 1. The van der Waals surface area contributed by atoms with E-state index in [1.54, 1.807) is 43.3 Å². The summed E-state index contributed by atoms with van der Waals surface area (Å²) in [6, 6.07) is 5.43. The number of imidazole rings is 1. The van der Waals surface area contributed by atoms with Crippen molar-refractivity contribution in [2.45, 2.75) is 0 Å². The highest BCUT2D eigenvalue weighted by Crippen LogP contribution is 2.34. The van der Waals surface area contributed by atoms with Crippen LogP contribution in [0.1, 0.15) is 0 Å². The highest BCUT2D eigenvalue weighted by molar-refractivity contribution is 5.72. The summed E-state index contributed by atoms with van der Waals surface area (Å²) >= 11 is 0. The van der Waals surface area contributed by atoms with Crippen LogP contribution in [0.2, 0.25) is 0 Å². The maximum Gasteiger partial charge on any atom is 0.239 e. The van der Waals surface area contributed by atoms with Gasteiger partial charge in [-0.15, -0.1) is 0 Å². The van der Waals surface area contributed by atoms with Crippen LogP contribution in [0.5, 0.6) is 17.4 Å². The molecule has 0 spiro atoms. The molecular weight excluding hydrogens is 258 g/mol. The predicted molar refractivity (Wildman–Crippen MR) is 73.2 cm³/mol. The van der Waals surface area contributed by atoms with Crippen LogP contribution in [0.15, 0.2) is 36.8 Å². The maximum atomic E-state index is 9.88. The Morgan fingerprint density at radius 3 is 2.80 bits per heavy atom. The van der Waals surface area contributed by atoms with Crippen LogP contribution in [-0.4, -0.2) is 33.7 Å². The van der Waals surface area contributed by atoms with Crippen molar-refractivity contribution in [3.63, 3.8) is 0 Å². The van der Waals surface area contributed by atoms with Gasteiger partial charge >= 0.3 is 0 Å². The van der Waals surface area contributed by atoms with Crippen LogP contribution in [0.4, 0.5) is 0 Å². The Labute approximate surface area is 115 Å². The van der Waals surface area contributed by atoms with Crippen molar-refractivity contribution >= 4 is 5.52 Å². The third-order valence-electron chi connectivity index (χ3n) is 3.08. The largest absolute Gasteiger partial charge is 0.497 e. The normalized spacial score (nSPS) is 10.7. The van der Waals surface area contributed by atoms with Gasteiger partial charge in [0.2, 0.25) is 5.88 Å². The number of fused-ring (bicyclic) bond motifs is 1. The van der Waals surface area contributed by atoms with E-state index in [2.05, 4.69) is 9.97 Å². The summed E-state index contributed by atoms with van der Waals surface area (Å²) in [6.07, 6.45) is 4.93. The van der Waals surface area contributed by atoms with E-state index in [1.807, 2.05) is 12.1 Å². The maximum absolute atomic E-state index is 9.88. The van der Waals surface area contributed by atoms with Gasteiger partial charge in [0.25, 0.3) is 0 Å². The summed E-state index contributed by atoms with van der Waals surface area (Å²) in [5.41, 5.74) is 1.30. The van der Waals surface area contributed by atoms with Gasteiger partial charge in [-0.2, -0.15) is 4.98 Å². The van der Waals surface area contributed by atoms with Crippen molar-refractivity contribution in [2.24, 2.45) is 0 Å². The van der Waals surface area contributed by atoms with Gasteiger partial charge in [-0.05, 0) is 12.1 Å². The summed E-state index contributed by atoms with van der Waals surface area (Å²) in [6.45, 7) is 0. The summed E-state index contributed by atoms with van der Waals surface area (Å²) in [5.74, 6) is 1.83. The van der Waals surface area contributed by atoms with Gasteiger partial charge in [-0.25, -0.2) is 0 Å². The molecule has 0 bridgehead atoms. The fourth-order valence-electron chi connectivity index (χ4n) is 2.10. The predicted octanol–water partition coefficient (Wildman–Crippen LogP) is 2.12. The lowest BCUT2D eigenvalue weighted by Gasteiger charge is -2.09. The van der Waals surface area contributed by atoms with Crippen LogP contribution < -0.4 is 9.47 Å². The average molecular weight is 271 g/mol. The van der Waals surface area contributed by atoms with Gasteiger partial charge in [0.05, 0.1) is 26.0 Å². The molecule has 0 unspecified atom stereocenters. The van der Waals surface area contributed by atoms with Crippen molar-refractivity contribution < 1.29 is 14.6 Å². The molecule has 0 aliphatic heterocycles. The first kappa shape index (κ1) is 12.3. The topological polar surface area (TPSA) is 68.9 Å². The van der Waals surface area contributed by atoms with Gasteiger partial charge in [-0.3, -0.25) is 9.38 Å². The number of ether oxygens (including phenoxy) is 2. The monoisotopic (exact) mass is 271 g/mol. The van der Waals surface area contributed by atoms with E-state index in [4.69, 9.17) is 9.47 Å². The third-order valence-corrected chi connectivity index (χ3v) is 3.08. The number of aromatic hydroxyl groups is 1. The lowest BCUT2D eigenvalue weighted by atomic mass is 10.2. The lowest BCUT2D eigenvalue weighted by Crippen LogP contribution is -1.94. The Bertz CT molecular complexity index is 767. The molecule has 0 atom stereocenters. The van der Waals surface area contributed by atoms with Crippen molar-refractivity contribution in [3.8, 4) is 28.8 Å². The van der Waals surface area contributed by atoms with Gasteiger partial charge in [0.1, 0.15) is 17.0 Å². The molecule has 0 fully saturated rings. The first-order chi connectivity index (χ1) is 9.74. The van der Waals surface area contributed by atoms with Crippen LogP contribution in [-0.2, 0) is 0 Å². The van der Waals surface area contributed by atoms with Crippen LogP contribution in [0.25, 0.3) is 16.9 Å². The minimum Gasteiger partial charge on any atom is -0.497 e.